The van der Waals surface area contributed by atoms with Gasteiger partial charge in [0.25, 0.3) is 0 Å². The fourth-order valence-corrected chi connectivity index (χ4v) is 1.79. The molecule has 0 aromatic heterocycles. The van der Waals surface area contributed by atoms with Crippen molar-refractivity contribution in [3.05, 3.63) is 0 Å². The molecule has 2 nitrogen and oxygen atoms in total. The Morgan fingerprint density at radius 3 is 2.19 bits per heavy atom. The van der Waals surface area contributed by atoms with Crippen LogP contribution >= 0.6 is 0 Å². The molecule has 0 aromatic rings. The second kappa shape index (κ2) is 8.08. The van der Waals surface area contributed by atoms with Gasteiger partial charge in [0.15, 0.2) is 0 Å². The topological polar surface area (TPSA) is 21.3 Å². The summed E-state index contributed by atoms with van der Waals surface area (Å²) in [5.41, 5.74) is 0.415. The molecule has 0 heterocycles. The van der Waals surface area contributed by atoms with E-state index in [0.29, 0.717) is 11.5 Å². The fraction of sp³-hybridized carbons (Fsp3) is 1.00. The Labute approximate surface area is 102 Å². The minimum Gasteiger partial charge on any atom is -0.385 e. The Morgan fingerprint density at radius 1 is 1.12 bits per heavy atom. The fourth-order valence-electron chi connectivity index (χ4n) is 1.79. The summed E-state index contributed by atoms with van der Waals surface area (Å²) in [4.78, 5) is 0. The largest absolute Gasteiger partial charge is 0.385 e. The van der Waals surface area contributed by atoms with Crippen molar-refractivity contribution in [1.82, 2.24) is 5.32 Å². The van der Waals surface area contributed by atoms with Gasteiger partial charge in [0.05, 0.1) is 0 Å². The molecule has 0 saturated carbocycles. The molecule has 16 heavy (non-hydrogen) atoms. The molecular weight excluding hydrogens is 198 g/mol. The van der Waals surface area contributed by atoms with Crippen LogP contribution in [0.1, 0.15) is 53.9 Å². The Balaban J connectivity index is 4.01. The van der Waals surface area contributed by atoms with Crippen molar-refractivity contribution in [3.8, 4) is 0 Å². The lowest BCUT2D eigenvalue weighted by molar-refractivity contribution is 0.158. The monoisotopic (exact) mass is 229 g/mol. The van der Waals surface area contributed by atoms with E-state index < -0.39 is 0 Å². The Morgan fingerprint density at radius 2 is 1.75 bits per heavy atom. The molecule has 98 valence electrons. The molecule has 0 fully saturated rings. The molecular formula is C14H31NO. The first-order chi connectivity index (χ1) is 7.42. The molecule has 0 aromatic carbocycles. The lowest BCUT2D eigenvalue weighted by Crippen LogP contribution is -2.39. The van der Waals surface area contributed by atoms with Crippen molar-refractivity contribution in [3.63, 3.8) is 0 Å². The predicted molar refractivity (Wildman–Crippen MR) is 71.8 cm³/mol. The summed E-state index contributed by atoms with van der Waals surface area (Å²) in [5.74, 6) is 0.723. The van der Waals surface area contributed by atoms with E-state index in [-0.39, 0.29) is 0 Å². The molecule has 0 aliphatic rings. The SMILES string of the molecule is COCCCCC(C)(CNC(C)C)C(C)C. The molecule has 1 unspecified atom stereocenters. The van der Waals surface area contributed by atoms with Gasteiger partial charge in [-0.05, 0) is 24.2 Å². The number of unbranched alkanes of at least 4 members (excludes halogenated alkanes) is 1. The lowest BCUT2D eigenvalue weighted by Gasteiger charge is -2.35. The summed E-state index contributed by atoms with van der Waals surface area (Å²) in [6, 6.07) is 0.581. The average Bonchev–Trinajstić information content (AvgIpc) is 2.21. The number of ether oxygens (including phenoxy) is 1. The molecule has 2 heteroatoms. The van der Waals surface area contributed by atoms with E-state index in [9.17, 15) is 0 Å². The van der Waals surface area contributed by atoms with E-state index >= 15 is 0 Å². The summed E-state index contributed by atoms with van der Waals surface area (Å²) in [6.07, 6.45) is 3.73. The van der Waals surface area contributed by atoms with Crippen LogP contribution in [0.15, 0.2) is 0 Å². The van der Waals surface area contributed by atoms with E-state index in [1.807, 2.05) is 0 Å². The summed E-state index contributed by atoms with van der Waals surface area (Å²) in [6.45, 7) is 13.5. The van der Waals surface area contributed by atoms with E-state index in [1.54, 1.807) is 7.11 Å². The van der Waals surface area contributed by atoms with Gasteiger partial charge in [-0.3, -0.25) is 0 Å². The zero-order valence-corrected chi connectivity index (χ0v) is 12.1. The standard InChI is InChI=1S/C14H31NO/c1-12(2)14(5,11-15-13(3)4)9-7-8-10-16-6/h12-13,15H,7-11H2,1-6H3. The van der Waals surface area contributed by atoms with Crippen LogP contribution in [-0.4, -0.2) is 26.3 Å². The molecule has 0 saturated heterocycles. The molecule has 0 radical (unpaired) electrons. The van der Waals surface area contributed by atoms with Crippen LogP contribution in [0.3, 0.4) is 0 Å². The van der Waals surface area contributed by atoms with Crippen LogP contribution in [0.5, 0.6) is 0 Å². The maximum absolute atomic E-state index is 5.10. The first kappa shape index (κ1) is 15.9. The summed E-state index contributed by atoms with van der Waals surface area (Å²) < 4.78 is 5.10. The normalized spacial score (nSPS) is 15.8. The van der Waals surface area contributed by atoms with Crippen molar-refractivity contribution in [2.75, 3.05) is 20.3 Å². The number of hydrogen-bond donors (Lipinski definition) is 1. The highest BCUT2D eigenvalue weighted by Gasteiger charge is 2.27. The molecule has 0 aliphatic heterocycles. The van der Waals surface area contributed by atoms with Gasteiger partial charge in [-0.1, -0.05) is 41.0 Å². The predicted octanol–water partition coefficient (Wildman–Crippen LogP) is 3.46. The third-order valence-corrected chi connectivity index (χ3v) is 3.65. The molecule has 1 atom stereocenters. The first-order valence-electron chi connectivity index (χ1n) is 6.64. The van der Waals surface area contributed by atoms with Crippen LogP contribution in [0, 0.1) is 11.3 Å². The van der Waals surface area contributed by atoms with Gasteiger partial charge in [-0.25, -0.2) is 0 Å². The van der Waals surface area contributed by atoms with Crippen molar-refractivity contribution in [2.24, 2.45) is 11.3 Å². The van der Waals surface area contributed by atoms with E-state index in [1.165, 1.54) is 19.3 Å². The first-order valence-corrected chi connectivity index (χ1v) is 6.64. The molecule has 0 aliphatic carbocycles. The van der Waals surface area contributed by atoms with Gasteiger partial charge in [-0.15, -0.1) is 0 Å². The number of hydrogen-bond acceptors (Lipinski definition) is 2. The highest BCUT2D eigenvalue weighted by molar-refractivity contribution is 4.80. The highest BCUT2D eigenvalue weighted by Crippen LogP contribution is 2.32. The summed E-state index contributed by atoms with van der Waals surface area (Å²) >= 11 is 0. The molecule has 1 N–H and O–H groups in total. The average molecular weight is 229 g/mol. The van der Waals surface area contributed by atoms with E-state index in [4.69, 9.17) is 4.74 Å². The minimum absolute atomic E-state index is 0.415. The van der Waals surface area contributed by atoms with Crippen molar-refractivity contribution in [1.29, 1.82) is 0 Å². The van der Waals surface area contributed by atoms with Crippen LogP contribution in [0.2, 0.25) is 0 Å². The maximum atomic E-state index is 5.10. The third kappa shape index (κ3) is 6.49. The number of rotatable bonds is 9. The van der Waals surface area contributed by atoms with Gasteiger partial charge < -0.3 is 10.1 Å². The van der Waals surface area contributed by atoms with Crippen LogP contribution in [0.4, 0.5) is 0 Å². The smallest absolute Gasteiger partial charge is 0.0462 e. The Hall–Kier alpha value is -0.0800. The molecule has 0 rings (SSSR count). The third-order valence-electron chi connectivity index (χ3n) is 3.65. The number of methoxy groups -OCH3 is 1. The lowest BCUT2D eigenvalue weighted by atomic mass is 9.75. The van der Waals surface area contributed by atoms with E-state index in [2.05, 4.69) is 39.9 Å². The molecule has 0 bridgehead atoms. The van der Waals surface area contributed by atoms with Gasteiger partial charge in [-0.2, -0.15) is 0 Å². The highest BCUT2D eigenvalue weighted by atomic mass is 16.5. The molecule has 0 amide bonds. The Kier molecular flexibility index (Phi) is 8.04. The van der Waals surface area contributed by atoms with Gasteiger partial charge >= 0.3 is 0 Å². The summed E-state index contributed by atoms with van der Waals surface area (Å²) in [5, 5.41) is 3.58. The molecule has 0 spiro atoms. The number of nitrogens with one attached hydrogen (secondary N) is 1. The van der Waals surface area contributed by atoms with Gasteiger partial charge in [0, 0.05) is 26.3 Å². The van der Waals surface area contributed by atoms with Crippen molar-refractivity contribution in [2.45, 2.75) is 59.9 Å². The van der Waals surface area contributed by atoms with Crippen molar-refractivity contribution >= 4 is 0 Å². The zero-order chi connectivity index (χ0) is 12.6. The minimum atomic E-state index is 0.415. The second-order valence-corrected chi connectivity index (χ2v) is 5.79. The van der Waals surface area contributed by atoms with Crippen LogP contribution < -0.4 is 5.32 Å². The van der Waals surface area contributed by atoms with Crippen molar-refractivity contribution < 1.29 is 4.74 Å². The van der Waals surface area contributed by atoms with Crippen LogP contribution in [0.25, 0.3) is 0 Å². The maximum Gasteiger partial charge on any atom is 0.0462 e. The van der Waals surface area contributed by atoms with Crippen LogP contribution in [-0.2, 0) is 4.74 Å². The van der Waals surface area contributed by atoms with Gasteiger partial charge in [0.1, 0.15) is 0 Å². The van der Waals surface area contributed by atoms with Gasteiger partial charge in [0.2, 0.25) is 0 Å². The summed E-state index contributed by atoms with van der Waals surface area (Å²) in [7, 11) is 1.78. The second-order valence-electron chi connectivity index (χ2n) is 5.79. The Bertz CT molecular complexity index is 168. The zero-order valence-electron chi connectivity index (χ0n) is 12.1. The quantitative estimate of drug-likeness (QED) is 0.611. The van der Waals surface area contributed by atoms with E-state index in [0.717, 1.165) is 19.1 Å².